The molecule has 2 aromatic heterocycles. The molecule has 1 atom stereocenters. The molecule has 1 aliphatic rings. The van der Waals surface area contributed by atoms with Gasteiger partial charge in [0.2, 0.25) is 0 Å². The van der Waals surface area contributed by atoms with Gasteiger partial charge in [0.25, 0.3) is 11.5 Å². The van der Waals surface area contributed by atoms with Crippen LogP contribution in [0.1, 0.15) is 29.4 Å². The molecule has 1 fully saturated rings. The summed E-state index contributed by atoms with van der Waals surface area (Å²) in [5, 5.41) is 1.39. The topological polar surface area (TPSA) is 71.0 Å². The van der Waals surface area contributed by atoms with E-state index in [0.717, 1.165) is 18.2 Å². The highest BCUT2D eigenvalue weighted by molar-refractivity contribution is 5.96. The van der Waals surface area contributed by atoms with Gasteiger partial charge in [-0.1, -0.05) is 18.2 Å². The van der Waals surface area contributed by atoms with Crippen molar-refractivity contribution in [3.63, 3.8) is 0 Å². The highest BCUT2D eigenvalue weighted by atomic mass is 16.2. The first-order valence-corrected chi connectivity index (χ1v) is 8.11. The highest BCUT2D eigenvalue weighted by Crippen LogP contribution is 2.22. The Hall–Kier alpha value is -2.89. The normalized spacial score (nSPS) is 18.0. The van der Waals surface area contributed by atoms with Gasteiger partial charge in [0.05, 0.1) is 12.4 Å². The Morgan fingerprint density at radius 2 is 2.17 bits per heavy atom. The molecule has 1 unspecified atom stereocenters. The molecule has 6 nitrogen and oxygen atoms in total. The van der Waals surface area contributed by atoms with E-state index in [1.807, 2.05) is 33.9 Å². The Balaban J connectivity index is 1.62. The fraction of sp³-hybridized carbons (Fsp3) is 0.278. The zero-order valence-electron chi connectivity index (χ0n) is 13.2. The Bertz CT molecular complexity index is 930. The van der Waals surface area contributed by atoms with Crippen molar-refractivity contribution in [3.05, 3.63) is 65.1 Å². The molecular formula is C18H18N4O2. The lowest BCUT2D eigenvalue weighted by atomic mass is 10.0. The fourth-order valence-corrected chi connectivity index (χ4v) is 3.36. The number of rotatable bonds is 2. The lowest BCUT2D eigenvalue weighted by Gasteiger charge is -2.33. The van der Waals surface area contributed by atoms with Gasteiger partial charge in [-0.2, -0.15) is 0 Å². The molecule has 0 bridgehead atoms. The van der Waals surface area contributed by atoms with Crippen molar-refractivity contribution in [2.24, 2.45) is 0 Å². The van der Waals surface area contributed by atoms with E-state index in [2.05, 4.69) is 9.97 Å². The number of pyridine rings is 1. The Morgan fingerprint density at radius 1 is 1.29 bits per heavy atom. The van der Waals surface area contributed by atoms with Crippen LogP contribution >= 0.6 is 0 Å². The van der Waals surface area contributed by atoms with Gasteiger partial charge in [-0.15, -0.1) is 0 Å². The summed E-state index contributed by atoms with van der Waals surface area (Å²) in [5.41, 5.74) is 0.129. The summed E-state index contributed by atoms with van der Waals surface area (Å²) < 4.78 is 2.04. The van der Waals surface area contributed by atoms with Crippen molar-refractivity contribution in [1.29, 1.82) is 0 Å². The largest absolute Gasteiger partial charge is 0.335 e. The molecule has 1 aromatic carbocycles. The summed E-state index contributed by atoms with van der Waals surface area (Å²) in [5.74, 6) is -0.123. The number of likely N-dealkylation sites (tertiary alicyclic amines) is 1. The number of H-pyrrole nitrogens is 1. The molecule has 3 aromatic rings. The number of aromatic amines is 1. The van der Waals surface area contributed by atoms with Gasteiger partial charge in [0, 0.05) is 30.9 Å². The minimum Gasteiger partial charge on any atom is -0.335 e. The Kier molecular flexibility index (Phi) is 3.65. The SMILES string of the molecule is O=C(c1cc2ccccc2c(=O)[nH]1)N1CCCC(n2ccnc2)C1. The second kappa shape index (κ2) is 5.96. The van der Waals surface area contributed by atoms with Crippen LogP contribution in [0.3, 0.4) is 0 Å². The quantitative estimate of drug-likeness (QED) is 0.786. The molecule has 1 amide bonds. The molecule has 122 valence electrons. The van der Waals surface area contributed by atoms with Crippen LogP contribution in [0.2, 0.25) is 0 Å². The maximum absolute atomic E-state index is 12.8. The first-order valence-electron chi connectivity index (χ1n) is 8.11. The van der Waals surface area contributed by atoms with Crippen LogP contribution in [0.15, 0.2) is 53.8 Å². The van der Waals surface area contributed by atoms with Gasteiger partial charge >= 0.3 is 0 Å². The van der Waals surface area contributed by atoms with Crippen LogP contribution in [0.25, 0.3) is 10.8 Å². The van der Waals surface area contributed by atoms with Crippen molar-refractivity contribution in [1.82, 2.24) is 19.4 Å². The summed E-state index contributed by atoms with van der Waals surface area (Å²) in [6.45, 7) is 1.34. The molecule has 3 heterocycles. The lowest BCUT2D eigenvalue weighted by Crippen LogP contribution is -2.41. The zero-order valence-corrected chi connectivity index (χ0v) is 13.2. The van der Waals surface area contributed by atoms with E-state index in [4.69, 9.17) is 0 Å². The first-order chi connectivity index (χ1) is 11.7. The Labute approximate surface area is 138 Å². The number of fused-ring (bicyclic) bond motifs is 1. The molecule has 0 radical (unpaired) electrons. The van der Waals surface area contributed by atoms with Gasteiger partial charge in [-0.25, -0.2) is 4.98 Å². The fourth-order valence-electron chi connectivity index (χ4n) is 3.36. The van der Waals surface area contributed by atoms with Crippen molar-refractivity contribution < 1.29 is 4.79 Å². The van der Waals surface area contributed by atoms with Crippen LogP contribution < -0.4 is 5.56 Å². The van der Waals surface area contributed by atoms with E-state index in [1.165, 1.54) is 0 Å². The van der Waals surface area contributed by atoms with E-state index in [1.54, 1.807) is 24.7 Å². The van der Waals surface area contributed by atoms with Crippen LogP contribution in [-0.4, -0.2) is 38.4 Å². The van der Waals surface area contributed by atoms with E-state index in [9.17, 15) is 9.59 Å². The summed E-state index contributed by atoms with van der Waals surface area (Å²) in [6, 6.07) is 9.30. The summed E-state index contributed by atoms with van der Waals surface area (Å²) >= 11 is 0. The zero-order chi connectivity index (χ0) is 16.5. The second-order valence-corrected chi connectivity index (χ2v) is 6.16. The number of nitrogens with one attached hydrogen (secondary N) is 1. The first kappa shape index (κ1) is 14.7. The van der Waals surface area contributed by atoms with Gasteiger partial charge < -0.3 is 14.5 Å². The minimum atomic E-state index is -0.223. The standard InChI is InChI=1S/C18H18N4O2/c23-17-15-6-2-1-4-13(15)10-16(20-17)18(24)21-8-3-5-14(11-21)22-9-7-19-12-22/h1-2,4,6-7,9-10,12,14H,3,5,8,11H2,(H,20,23). The minimum absolute atomic E-state index is 0.123. The maximum atomic E-state index is 12.8. The van der Waals surface area contributed by atoms with Crippen LogP contribution in [0.4, 0.5) is 0 Å². The molecule has 1 N–H and O–H groups in total. The van der Waals surface area contributed by atoms with Crippen LogP contribution in [0.5, 0.6) is 0 Å². The number of nitrogens with zero attached hydrogens (tertiary/aromatic N) is 3. The lowest BCUT2D eigenvalue weighted by molar-refractivity contribution is 0.0673. The monoisotopic (exact) mass is 322 g/mol. The third-order valence-electron chi connectivity index (χ3n) is 4.61. The smallest absolute Gasteiger partial charge is 0.270 e. The van der Waals surface area contributed by atoms with Crippen molar-refractivity contribution >= 4 is 16.7 Å². The molecule has 1 aliphatic heterocycles. The molecule has 0 aliphatic carbocycles. The number of carbonyl (C=O) groups excluding carboxylic acids is 1. The number of amides is 1. The number of benzene rings is 1. The summed E-state index contributed by atoms with van der Waals surface area (Å²) in [4.78, 5) is 33.7. The predicted molar refractivity (Wildman–Crippen MR) is 91.0 cm³/mol. The number of imidazole rings is 1. The molecule has 0 saturated carbocycles. The maximum Gasteiger partial charge on any atom is 0.270 e. The van der Waals surface area contributed by atoms with Crippen molar-refractivity contribution in [2.75, 3.05) is 13.1 Å². The molecule has 24 heavy (non-hydrogen) atoms. The average molecular weight is 322 g/mol. The van der Waals surface area contributed by atoms with Gasteiger partial charge in [-0.05, 0) is 30.4 Å². The average Bonchev–Trinajstić information content (AvgIpc) is 3.16. The van der Waals surface area contributed by atoms with E-state index < -0.39 is 0 Å². The molecule has 0 spiro atoms. The third kappa shape index (κ3) is 2.60. The van der Waals surface area contributed by atoms with Gasteiger partial charge in [0.1, 0.15) is 5.69 Å². The number of carbonyl (C=O) groups is 1. The van der Waals surface area contributed by atoms with Crippen LogP contribution in [-0.2, 0) is 0 Å². The number of hydrogen-bond donors (Lipinski definition) is 1. The summed E-state index contributed by atoms with van der Waals surface area (Å²) in [7, 11) is 0. The predicted octanol–water partition coefficient (Wildman–Crippen LogP) is 2.20. The van der Waals surface area contributed by atoms with Gasteiger partial charge in [-0.3, -0.25) is 9.59 Å². The molecule has 1 saturated heterocycles. The highest BCUT2D eigenvalue weighted by Gasteiger charge is 2.26. The molecular weight excluding hydrogens is 304 g/mol. The van der Waals surface area contributed by atoms with Crippen LogP contribution in [0, 0.1) is 0 Å². The third-order valence-corrected chi connectivity index (χ3v) is 4.61. The molecule has 4 rings (SSSR count). The van der Waals surface area contributed by atoms with Crippen molar-refractivity contribution in [3.8, 4) is 0 Å². The number of aromatic nitrogens is 3. The Morgan fingerprint density at radius 3 is 3.00 bits per heavy atom. The van der Waals surface area contributed by atoms with E-state index in [-0.39, 0.29) is 17.5 Å². The molecule has 6 heteroatoms. The van der Waals surface area contributed by atoms with E-state index in [0.29, 0.717) is 24.2 Å². The second-order valence-electron chi connectivity index (χ2n) is 6.16. The van der Waals surface area contributed by atoms with Gasteiger partial charge in [0.15, 0.2) is 0 Å². The number of hydrogen-bond acceptors (Lipinski definition) is 3. The van der Waals surface area contributed by atoms with Crippen molar-refractivity contribution in [2.45, 2.75) is 18.9 Å². The van der Waals surface area contributed by atoms with E-state index >= 15 is 0 Å². The summed E-state index contributed by atoms with van der Waals surface area (Å²) in [6.07, 6.45) is 7.43. The number of piperidine rings is 1.